The van der Waals surface area contributed by atoms with Crippen LogP contribution in [0.4, 0.5) is 11.5 Å². The van der Waals surface area contributed by atoms with E-state index in [1.165, 1.54) is 0 Å². The topological polar surface area (TPSA) is 70.2 Å². The van der Waals surface area contributed by atoms with Crippen LogP contribution in [-0.2, 0) is 0 Å². The van der Waals surface area contributed by atoms with Crippen LogP contribution in [0.15, 0.2) is 36.4 Å². The van der Waals surface area contributed by atoms with Crippen molar-refractivity contribution in [2.24, 2.45) is 0 Å². The van der Waals surface area contributed by atoms with Crippen LogP contribution in [0, 0.1) is 6.92 Å². The van der Waals surface area contributed by atoms with Gasteiger partial charge in [-0.05, 0) is 33.2 Å². The van der Waals surface area contributed by atoms with E-state index in [-0.39, 0.29) is 5.91 Å². The minimum absolute atomic E-state index is 0.243. The lowest BCUT2D eigenvalue weighted by molar-refractivity contribution is 0.102. The zero-order valence-electron chi connectivity index (χ0n) is 13.1. The number of amides is 1. The highest BCUT2D eigenvalue weighted by Gasteiger charge is 2.10. The first-order valence-corrected chi connectivity index (χ1v) is 7.15. The highest BCUT2D eigenvalue weighted by atomic mass is 16.1. The Labute approximate surface area is 130 Å². The predicted octanol–water partition coefficient (Wildman–Crippen LogP) is 2.01. The molecule has 6 heteroatoms. The number of para-hydroxylation sites is 1. The number of hydrogen-bond donors (Lipinski definition) is 2. The van der Waals surface area contributed by atoms with E-state index in [1.54, 1.807) is 13.0 Å². The maximum atomic E-state index is 12.3. The Morgan fingerprint density at radius 3 is 2.59 bits per heavy atom. The molecule has 22 heavy (non-hydrogen) atoms. The van der Waals surface area contributed by atoms with Gasteiger partial charge >= 0.3 is 0 Å². The molecule has 0 unspecified atom stereocenters. The number of carbonyl (C=O) groups excluding carboxylic acids is 1. The maximum absolute atomic E-state index is 12.3. The van der Waals surface area contributed by atoms with Crippen molar-refractivity contribution in [2.45, 2.75) is 6.92 Å². The second-order valence-electron chi connectivity index (χ2n) is 5.24. The second kappa shape index (κ2) is 7.51. The summed E-state index contributed by atoms with van der Waals surface area (Å²) in [5, 5.41) is 6.02. The summed E-state index contributed by atoms with van der Waals surface area (Å²) >= 11 is 0. The number of nitrogens with zero attached hydrogens (tertiary/aromatic N) is 3. The van der Waals surface area contributed by atoms with E-state index in [9.17, 15) is 4.79 Å². The Balaban J connectivity index is 2.06. The molecule has 0 aliphatic heterocycles. The first-order valence-electron chi connectivity index (χ1n) is 7.15. The molecular formula is C16H21N5O. The molecule has 1 aromatic carbocycles. The maximum Gasteiger partial charge on any atom is 0.274 e. The summed E-state index contributed by atoms with van der Waals surface area (Å²) in [5.74, 6) is 0.980. The van der Waals surface area contributed by atoms with Crippen molar-refractivity contribution in [3.8, 4) is 0 Å². The molecule has 0 saturated heterocycles. The van der Waals surface area contributed by atoms with Gasteiger partial charge in [0, 0.05) is 24.8 Å². The largest absolute Gasteiger partial charge is 0.369 e. The number of carbonyl (C=O) groups is 1. The van der Waals surface area contributed by atoms with Crippen molar-refractivity contribution in [3.63, 3.8) is 0 Å². The van der Waals surface area contributed by atoms with Gasteiger partial charge in [0.05, 0.1) is 0 Å². The summed E-state index contributed by atoms with van der Waals surface area (Å²) in [5.41, 5.74) is 1.09. The molecule has 0 aliphatic carbocycles. The fraction of sp³-hybridized carbons (Fsp3) is 0.312. The average molecular weight is 299 g/mol. The van der Waals surface area contributed by atoms with Gasteiger partial charge < -0.3 is 15.5 Å². The second-order valence-corrected chi connectivity index (χ2v) is 5.24. The standard InChI is InChI=1S/C16H21N5O/c1-12-18-14(11-15(19-12)17-9-10-21(2)3)16(22)20-13-7-5-4-6-8-13/h4-8,11H,9-10H2,1-3H3,(H,20,22)(H,17,18,19). The van der Waals surface area contributed by atoms with E-state index in [4.69, 9.17) is 0 Å². The Morgan fingerprint density at radius 1 is 1.18 bits per heavy atom. The number of nitrogens with one attached hydrogen (secondary N) is 2. The Morgan fingerprint density at radius 2 is 1.91 bits per heavy atom. The monoisotopic (exact) mass is 299 g/mol. The van der Waals surface area contributed by atoms with Gasteiger partial charge in [-0.2, -0.15) is 0 Å². The van der Waals surface area contributed by atoms with Crippen molar-refractivity contribution in [1.82, 2.24) is 14.9 Å². The SMILES string of the molecule is Cc1nc(NCCN(C)C)cc(C(=O)Nc2ccccc2)n1. The molecule has 0 bridgehead atoms. The first-order chi connectivity index (χ1) is 10.5. The summed E-state index contributed by atoms with van der Waals surface area (Å²) in [6.07, 6.45) is 0. The molecule has 1 amide bonds. The van der Waals surface area contributed by atoms with Gasteiger partial charge in [0.1, 0.15) is 17.3 Å². The fourth-order valence-corrected chi connectivity index (χ4v) is 1.90. The van der Waals surface area contributed by atoms with Gasteiger partial charge in [-0.15, -0.1) is 0 Å². The smallest absolute Gasteiger partial charge is 0.274 e. The van der Waals surface area contributed by atoms with Crippen molar-refractivity contribution in [2.75, 3.05) is 37.8 Å². The molecule has 1 aromatic heterocycles. The first kappa shape index (κ1) is 15.9. The van der Waals surface area contributed by atoms with Gasteiger partial charge in [-0.1, -0.05) is 18.2 Å². The minimum Gasteiger partial charge on any atom is -0.369 e. The normalized spacial score (nSPS) is 10.5. The van der Waals surface area contributed by atoms with E-state index >= 15 is 0 Å². The van der Waals surface area contributed by atoms with Crippen molar-refractivity contribution in [3.05, 3.63) is 47.9 Å². The van der Waals surface area contributed by atoms with Crippen molar-refractivity contribution < 1.29 is 4.79 Å². The van der Waals surface area contributed by atoms with Gasteiger partial charge in [-0.3, -0.25) is 4.79 Å². The molecule has 2 aromatic rings. The number of rotatable bonds is 6. The highest BCUT2D eigenvalue weighted by molar-refractivity contribution is 6.03. The molecule has 0 radical (unpaired) electrons. The minimum atomic E-state index is -0.243. The third-order valence-electron chi connectivity index (χ3n) is 2.97. The van der Waals surface area contributed by atoms with Crippen molar-refractivity contribution in [1.29, 1.82) is 0 Å². The molecule has 0 spiro atoms. The lowest BCUT2D eigenvalue weighted by Crippen LogP contribution is -2.22. The van der Waals surface area contributed by atoms with E-state index in [0.717, 1.165) is 18.8 Å². The Kier molecular flexibility index (Phi) is 5.43. The molecule has 2 rings (SSSR count). The third kappa shape index (κ3) is 4.82. The van der Waals surface area contributed by atoms with Crippen molar-refractivity contribution >= 4 is 17.4 Å². The Hall–Kier alpha value is -2.47. The van der Waals surface area contributed by atoms with Crippen LogP contribution in [0.1, 0.15) is 16.3 Å². The van der Waals surface area contributed by atoms with Gasteiger partial charge in [0.25, 0.3) is 5.91 Å². The number of likely N-dealkylation sites (N-methyl/N-ethyl adjacent to an activating group) is 1. The van der Waals surface area contributed by atoms with Gasteiger partial charge in [-0.25, -0.2) is 9.97 Å². The fourth-order valence-electron chi connectivity index (χ4n) is 1.90. The molecule has 1 heterocycles. The van der Waals surface area contributed by atoms with Crippen LogP contribution in [0.5, 0.6) is 0 Å². The molecule has 6 nitrogen and oxygen atoms in total. The number of anilines is 2. The zero-order valence-corrected chi connectivity index (χ0v) is 13.1. The van der Waals surface area contributed by atoms with Crippen LogP contribution < -0.4 is 10.6 Å². The summed E-state index contributed by atoms with van der Waals surface area (Å²) < 4.78 is 0. The molecule has 0 aliphatic rings. The van der Waals surface area contributed by atoms with E-state index < -0.39 is 0 Å². The molecular weight excluding hydrogens is 278 g/mol. The van der Waals surface area contributed by atoms with Gasteiger partial charge in [0.15, 0.2) is 0 Å². The van der Waals surface area contributed by atoms with Crippen LogP contribution in [0.25, 0.3) is 0 Å². The predicted molar refractivity (Wildman–Crippen MR) is 88.2 cm³/mol. The summed E-state index contributed by atoms with van der Waals surface area (Å²) in [6, 6.07) is 11.0. The van der Waals surface area contributed by atoms with Crippen LogP contribution in [0.2, 0.25) is 0 Å². The summed E-state index contributed by atoms with van der Waals surface area (Å²) in [4.78, 5) is 22.8. The molecule has 116 valence electrons. The highest BCUT2D eigenvalue weighted by Crippen LogP contribution is 2.10. The lowest BCUT2D eigenvalue weighted by atomic mass is 10.3. The van der Waals surface area contributed by atoms with Crippen LogP contribution in [0.3, 0.4) is 0 Å². The average Bonchev–Trinajstić information content (AvgIpc) is 2.47. The summed E-state index contributed by atoms with van der Waals surface area (Å²) in [7, 11) is 4.01. The molecule has 0 saturated carbocycles. The number of benzene rings is 1. The number of aryl methyl sites for hydroxylation is 1. The van der Waals surface area contributed by atoms with Gasteiger partial charge in [0.2, 0.25) is 0 Å². The van der Waals surface area contributed by atoms with E-state index in [0.29, 0.717) is 17.3 Å². The Bertz CT molecular complexity index is 628. The lowest BCUT2D eigenvalue weighted by Gasteiger charge is -2.12. The quantitative estimate of drug-likeness (QED) is 0.854. The molecule has 0 fully saturated rings. The molecule has 2 N–H and O–H groups in total. The molecule has 0 atom stereocenters. The van der Waals surface area contributed by atoms with E-state index in [2.05, 4.69) is 25.5 Å². The van der Waals surface area contributed by atoms with Crippen LogP contribution >= 0.6 is 0 Å². The van der Waals surface area contributed by atoms with Crippen LogP contribution in [-0.4, -0.2) is 48.0 Å². The van der Waals surface area contributed by atoms with E-state index in [1.807, 2.05) is 44.4 Å². The number of hydrogen-bond acceptors (Lipinski definition) is 5. The summed E-state index contributed by atoms with van der Waals surface area (Å²) in [6.45, 7) is 3.41. The number of aromatic nitrogens is 2. The zero-order chi connectivity index (χ0) is 15.9. The third-order valence-corrected chi connectivity index (χ3v) is 2.97.